The summed E-state index contributed by atoms with van der Waals surface area (Å²) in [5.74, 6) is -0.0319. The van der Waals surface area contributed by atoms with Crippen molar-refractivity contribution in [2.75, 3.05) is 13.2 Å². The molecule has 0 spiro atoms. The molecule has 1 aliphatic heterocycles. The minimum absolute atomic E-state index is 0.0000113. The van der Waals surface area contributed by atoms with E-state index in [1.54, 1.807) is 16.4 Å². The molecule has 0 radical (unpaired) electrons. The average Bonchev–Trinajstić information content (AvgIpc) is 2.49. The highest BCUT2D eigenvalue weighted by molar-refractivity contribution is 7.88. The minimum atomic E-state index is -3.36. The Hall–Kier alpha value is -0.620. The third-order valence-corrected chi connectivity index (χ3v) is 6.55. The SMILES string of the molecule is O=S(=O)(Cc1ccccc1Cl)N1CCOC2CCCCC21. The quantitative estimate of drug-likeness (QED) is 0.856. The summed E-state index contributed by atoms with van der Waals surface area (Å²) in [5, 5.41) is 0.509. The Morgan fingerprint density at radius 3 is 2.81 bits per heavy atom. The number of halogens is 1. The van der Waals surface area contributed by atoms with Gasteiger partial charge in [0.25, 0.3) is 0 Å². The van der Waals surface area contributed by atoms with Crippen molar-refractivity contribution in [3.8, 4) is 0 Å². The first kappa shape index (κ1) is 15.3. The lowest BCUT2D eigenvalue weighted by atomic mass is 9.91. The van der Waals surface area contributed by atoms with Crippen LogP contribution in [0.25, 0.3) is 0 Å². The van der Waals surface area contributed by atoms with Crippen molar-refractivity contribution >= 4 is 21.6 Å². The van der Waals surface area contributed by atoms with Crippen LogP contribution in [0, 0.1) is 0 Å². The van der Waals surface area contributed by atoms with Gasteiger partial charge in [-0.05, 0) is 24.5 Å². The van der Waals surface area contributed by atoms with Crippen LogP contribution < -0.4 is 0 Å². The van der Waals surface area contributed by atoms with Gasteiger partial charge in [0.15, 0.2) is 0 Å². The van der Waals surface area contributed by atoms with Crippen molar-refractivity contribution in [2.24, 2.45) is 0 Å². The van der Waals surface area contributed by atoms with E-state index < -0.39 is 10.0 Å². The lowest BCUT2D eigenvalue weighted by molar-refractivity contribution is -0.0586. The molecule has 1 saturated carbocycles. The van der Waals surface area contributed by atoms with Crippen LogP contribution in [-0.2, 0) is 20.5 Å². The molecule has 21 heavy (non-hydrogen) atoms. The normalized spacial score (nSPS) is 27.3. The molecule has 116 valence electrons. The van der Waals surface area contributed by atoms with Crippen LogP contribution in [0.15, 0.2) is 24.3 Å². The Morgan fingerprint density at radius 1 is 1.24 bits per heavy atom. The fraction of sp³-hybridized carbons (Fsp3) is 0.600. The molecule has 1 aromatic carbocycles. The number of ether oxygens (including phenoxy) is 1. The van der Waals surface area contributed by atoms with Gasteiger partial charge in [-0.25, -0.2) is 8.42 Å². The zero-order valence-corrected chi connectivity index (χ0v) is 13.4. The van der Waals surface area contributed by atoms with Crippen LogP contribution in [0.1, 0.15) is 31.2 Å². The molecule has 1 aromatic rings. The van der Waals surface area contributed by atoms with E-state index in [2.05, 4.69) is 0 Å². The van der Waals surface area contributed by atoms with E-state index in [1.807, 2.05) is 12.1 Å². The molecule has 6 heteroatoms. The molecule has 1 saturated heterocycles. The van der Waals surface area contributed by atoms with Gasteiger partial charge in [-0.2, -0.15) is 4.31 Å². The third kappa shape index (κ3) is 3.26. The second kappa shape index (κ2) is 6.24. The Balaban J connectivity index is 1.82. The van der Waals surface area contributed by atoms with Gasteiger partial charge in [-0.3, -0.25) is 0 Å². The topological polar surface area (TPSA) is 46.6 Å². The van der Waals surface area contributed by atoms with Gasteiger partial charge in [0.05, 0.1) is 24.5 Å². The van der Waals surface area contributed by atoms with E-state index in [4.69, 9.17) is 16.3 Å². The maximum atomic E-state index is 12.8. The maximum Gasteiger partial charge on any atom is 0.218 e. The summed E-state index contributed by atoms with van der Waals surface area (Å²) in [6.07, 6.45) is 4.12. The molecule has 4 nitrogen and oxygen atoms in total. The number of fused-ring (bicyclic) bond motifs is 1. The number of hydrogen-bond donors (Lipinski definition) is 0. The molecule has 3 rings (SSSR count). The van der Waals surface area contributed by atoms with Crippen LogP contribution >= 0.6 is 11.6 Å². The predicted molar refractivity (Wildman–Crippen MR) is 82.8 cm³/mol. The van der Waals surface area contributed by atoms with Crippen molar-refractivity contribution < 1.29 is 13.2 Å². The van der Waals surface area contributed by atoms with Gasteiger partial charge >= 0.3 is 0 Å². The highest BCUT2D eigenvalue weighted by atomic mass is 35.5. The largest absolute Gasteiger partial charge is 0.375 e. The third-order valence-electron chi connectivity index (χ3n) is 4.33. The molecule has 2 aliphatic rings. The zero-order valence-electron chi connectivity index (χ0n) is 11.9. The molecule has 2 atom stereocenters. The zero-order chi connectivity index (χ0) is 14.9. The van der Waals surface area contributed by atoms with Gasteiger partial charge in [-0.15, -0.1) is 0 Å². The van der Waals surface area contributed by atoms with E-state index in [0.29, 0.717) is 23.7 Å². The summed E-state index contributed by atoms with van der Waals surface area (Å²) in [6.45, 7) is 0.941. The maximum absolute atomic E-state index is 12.8. The highest BCUT2D eigenvalue weighted by Gasteiger charge is 2.40. The second-order valence-corrected chi connectivity index (χ2v) is 8.05. The first-order chi connectivity index (χ1) is 10.1. The van der Waals surface area contributed by atoms with E-state index >= 15 is 0 Å². The first-order valence-corrected chi connectivity index (χ1v) is 9.41. The Labute approximate surface area is 131 Å². The molecule has 1 heterocycles. The van der Waals surface area contributed by atoms with E-state index in [0.717, 1.165) is 25.7 Å². The first-order valence-electron chi connectivity index (χ1n) is 7.42. The van der Waals surface area contributed by atoms with E-state index in [-0.39, 0.29) is 17.9 Å². The molecule has 2 fully saturated rings. The summed E-state index contributed by atoms with van der Waals surface area (Å²) in [5.41, 5.74) is 0.665. The van der Waals surface area contributed by atoms with E-state index in [9.17, 15) is 8.42 Å². The molecule has 0 N–H and O–H groups in total. The second-order valence-electron chi connectivity index (χ2n) is 5.72. The Morgan fingerprint density at radius 2 is 2.00 bits per heavy atom. The molecule has 0 bridgehead atoms. The lowest BCUT2D eigenvalue weighted by Crippen LogP contribution is -2.54. The van der Waals surface area contributed by atoms with Crippen molar-refractivity contribution in [3.63, 3.8) is 0 Å². The summed E-state index contributed by atoms with van der Waals surface area (Å²) < 4.78 is 33.0. The molecule has 2 unspecified atom stereocenters. The van der Waals surface area contributed by atoms with Gasteiger partial charge < -0.3 is 4.74 Å². The summed E-state index contributed by atoms with van der Waals surface area (Å²) in [7, 11) is -3.36. The molecule has 1 aliphatic carbocycles. The fourth-order valence-electron chi connectivity index (χ4n) is 3.30. The fourth-order valence-corrected chi connectivity index (χ4v) is 5.40. The summed E-state index contributed by atoms with van der Waals surface area (Å²) in [6, 6.07) is 7.14. The smallest absolute Gasteiger partial charge is 0.218 e. The van der Waals surface area contributed by atoms with Crippen LogP contribution in [0.2, 0.25) is 5.02 Å². The highest BCUT2D eigenvalue weighted by Crippen LogP contribution is 2.31. The van der Waals surface area contributed by atoms with Gasteiger partial charge in [0.1, 0.15) is 0 Å². The van der Waals surface area contributed by atoms with Gasteiger partial charge in [0.2, 0.25) is 10.0 Å². The summed E-state index contributed by atoms with van der Waals surface area (Å²) in [4.78, 5) is 0. The number of benzene rings is 1. The number of morpholine rings is 1. The monoisotopic (exact) mass is 329 g/mol. The van der Waals surface area contributed by atoms with Crippen LogP contribution in [-0.4, -0.2) is 38.0 Å². The molecular weight excluding hydrogens is 310 g/mol. The van der Waals surface area contributed by atoms with Crippen molar-refractivity contribution in [1.29, 1.82) is 0 Å². The minimum Gasteiger partial charge on any atom is -0.375 e. The number of hydrogen-bond acceptors (Lipinski definition) is 3. The molecule has 0 aromatic heterocycles. The van der Waals surface area contributed by atoms with Crippen molar-refractivity contribution in [3.05, 3.63) is 34.9 Å². The Bertz CT molecular complexity index is 603. The van der Waals surface area contributed by atoms with Crippen LogP contribution in [0.5, 0.6) is 0 Å². The standard InChI is InChI=1S/C15H20ClNO3S/c16-13-6-2-1-5-12(13)11-21(18,19)17-9-10-20-15-8-4-3-7-14(15)17/h1-2,5-6,14-15H,3-4,7-11H2. The average molecular weight is 330 g/mol. The van der Waals surface area contributed by atoms with Gasteiger partial charge in [0, 0.05) is 11.6 Å². The van der Waals surface area contributed by atoms with Crippen LogP contribution in [0.4, 0.5) is 0 Å². The van der Waals surface area contributed by atoms with E-state index in [1.165, 1.54) is 0 Å². The van der Waals surface area contributed by atoms with Crippen molar-refractivity contribution in [2.45, 2.75) is 43.6 Å². The van der Waals surface area contributed by atoms with Crippen LogP contribution in [0.3, 0.4) is 0 Å². The summed E-state index contributed by atoms with van der Waals surface area (Å²) >= 11 is 6.10. The lowest BCUT2D eigenvalue weighted by Gasteiger charge is -2.42. The number of nitrogens with zero attached hydrogens (tertiary/aromatic N) is 1. The number of sulfonamides is 1. The predicted octanol–water partition coefficient (Wildman–Crippen LogP) is 2.81. The molecular formula is C15H20ClNO3S. The number of rotatable bonds is 3. The van der Waals surface area contributed by atoms with Gasteiger partial charge in [-0.1, -0.05) is 42.6 Å². The van der Waals surface area contributed by atoms with Crippen molar-refractivity contribution in [1.82, 2.24) is 4.31 Å². The Kier molecular flexibility index (Phi) is 4.54. The molecule has 0 amide bonds.